The van der Waals surface area contributed by atoms with Crippen LogP contribution in [0.15, 0.2) is 18.2 Å². The van der Waals surface area contributed by atoms with Crippen LogP contribution in [-0.2, 0) is 0 Å². The second-order valence-corrected chi connectivity index (χ2v) is 2.96. The molecule has 0 saturated heterocycles. The molecule has 0 unspecified atom stereocenters. The van der Waals surface area contributed by atoms with E-state index in [1.165, 1.54) is 6.07 Å². The van der Waals surface area contributed by atoms with E-state index in [1.807, 2.05) is 0 Å². The first-order valence-electron chi connectivity index (χ1n) is 3.08. The SMILES string of the molecule is Nc1nsc2c(F)cccc12. The fourth-order valence-electron chi connectivity index (χ4n) is 0.947. The third-order valence-corrected chi connectivity index (χ3v) is 2.36. The molecule has 0 fully saturated rings. The van der Waals surface area contributed by atoms with Gasteiger partial charge >= 0.3 is 0 Å². The van der Waals surface area contributed by atoms with Gasteiger partial charge in [-0.05, 0) is 23.7 Å². The molecule has 2 nitrogen and oxygen atoms in total. The monoisotopic (exact) mass is 168 g/mol. The van der Waals surface area contributed by atoms with E-state index in [1.54, 1.807) is 12.1 Å². The molecular weight excluding hydrogens is 163 g/mol. The molecule has 2 rings (SSSR count). The zero-order valence-electron chi connectivity index (χ0n) is 5.54. The number of nitrogens with two attached hydrogens (primary N) is 1. The van der Waals surface area contributed by atoms with Crippen molar-refractivity contribution >= 4 is 27.4 Å². The van der Waals surface area contributed by atoms with Crippen LogP contribution >= 0.6 is 11.5 Å². The van der Waals surface area contributed by atoms with Crippen LogP contribution in [0.2, 0.25) is 0 Å². The van der Waals surface area contributed by atoms with Crippen LogP contribution in [0.3, 0.4) is 0 Å². The zero-order chi connectivity index (χ0) is 7.84. The summed E-state index contributed by atoms with van der Waals surface area (Å²) >= 11 is 1.09. The molecule has 0 aliphatic rings. The lowest BCUT2D eigenvalue weighted by Crippen LogP contribution is -1.82. The number of fused-ring (bicyclic) bond motifs is 1. The number of halogens is 1. The predicted octanol–water partition coefficient (Wildman–Crippen LogP) is 2.02. The van der Waals surface area contributed by atoms with Gasteiger partial charge in [0, 0.05) is 5.39 Å². The van der Waals surface area contributed by atoms with Crippen molar-refractivity contribution in [2.75, 3.05) is 5.73 Å². The van der Waals surface area contributed by atoms with E-state index in [9.17, 15) is 4.39 Å². The first-order chi connectivity index (χ1) is 5.29. The number of rotatable bonds is 0. The molecular formula is C7H5FN2S. The lowest BCUT2D eigenvalue weighted by Gasteiger charge is -1.88. The van der Waals surface area contributed by atoms with Crippen LogP contribution in [0.1, 0.15) is 0 Å². The minimum Gasteiger partial charge on any atom is -0.382 e. The highest BCUT2D eigenvalue weighted by Gasteiger charge is 2.05. The molecule has 0 atom stereocenters. The topological polar surface area (TPSA) is 38.9 Å². The molecule has 1 aromatic carbocycles. The van der Waals surface area contributed by atoms with Crippen LogP contribution in [0.4, 0.5) is 10.2 Å². The molecule has 4 heteroatoms. The van der Waals surface area contributed by atoms with Crippen LogP contribution < -0.4 is 5.73 Å². The number of hydrogen-bond donors (Lipinski definition) is 1. The highest BCUT2D eigenvalue weighted by atomic mass is 32.1. The van der Waals surface area contributed by atoms with Gasteiger partial charge in [0.25, 0.3) is 0 Å². The number of benzene rings is 1. The van der Waals surface area contributed by atoms with Gasteiger partial charge in [-0.1, -0.05) is 6.07 Å². The van der Waals surface area contributed by atoms with E-state index in [0.29, 0.717) is 15.9 Å². The van der Waals surface area contributed by atoms with E-state index in [-0.39, 0.29) is 5.82 Å². The summed E-state index contributed by atoms with van der Waals surface area (Å²) in [5.41, 5.74) is 5.48. The molecule has 1 heterocycles. The van der Waals surface area contributed by atoms with Gasteiger partial charge in [0.2, 0.25) is 0 Å². The Morgan fingerprint density at radius 2 is 2.27 bits per heavy atom. The fourth-order valence-corrected chi connectivity index (χ4v) is 1.66. The fraction of sp³-hybridized carbons (Fsp3) is 0. The summed E-state index contributed by atoms with van der Waals surface area (Å²) in [6.45, 7) is 0. The first-order valence-corrected chi connectivity index (χ1v) is 3.86. The van der Waals surface area contributed by atoms with Crippen molar-refractivity contribution in [3.8, 4) is 0 Å². The Morgan fingerprint density at radius 1 is 1.45 bits per heavy atom. The smallest absolute Gasteiger partial charge is 0.145 e. The van der Waals surface area contributed by atoms with E-state index >= 15 is 0 Å². The summed E-state index contributed by atoms with van der Waals surface area (Å²) in [5, 5.41) is 0.704. The average molecular weight is 168 g/mol. The second-order valence-electron chi connectivity index (χ2n) is 2.18. The van der Waals surface area contributed by atoms with E-state index in [4.69, 9.17) is 5.73 Å². The van der Waals surface area contributed by atoms with Gasteiger partial charge in [0.15, 0.2) is 0 Å². The molecule has 1 aromatic heterocycles. The Hall–Kier alpha value is -1.16. The number of hydrogen-bond acceptors (Lipinski definition) is 3. The van der Waals surface area contributed by atoms with E-state index in [0.717, 1.165) is 11.5 Å². The molecule has 0 spiro atoms. The minimum absolute atomic E-state index is 0.253. The average Bonchev–Trinajstić information content (AvgIpc) is 2.35. The Labute approximate surface area is 66.6 Å². The largest absolute Gasteiger partial charge is 0.382 e. The van der Waals surface area contributed by atoms with Crippen molar-refractivity contribution in [3.63, 3.8) is 0 Å². The lowest BCUT2D eigenvalue weighted by molar-refractivity contribution is 0.642. The highest BCUT2D eigenvalue weighted by Crippen LogP contribution is 2.26. The van der Waals surface area contributed by atoms with Gasteiger partial charge in [0.05, 0.1) is 4.70 Å². The summed E-state index contributed by atoms with van der Waals surface area (Å²) in [5.74, 6) is 0.154. The number of aromatic nitrogens is 1. The highest BCUT2D eigenvalue weighted by molar-refractivity contribution is 7.13. The normalized spacial score (nSPS) is 10.6. The van der Waals surface area contributed by atoms with Crippen molar-refractivity contribution in [1.82, 2.24) is 4.37 Å². The van der Waals surface area contributed by atoms with Gasteiger partial charge < -0.3 is 5.73 Å². The standard InChI is InChI=1S/C7H5FN2S/c8-5-3-1-2-4-6(5)11-10-7(4)9/h1-3H,(H2,9,10). The van der Waals surface area contributed by atoms with Gasteiger partial charge in [-0.25, -0.2) is 4.39 Å². The second kappa shape index (κ2) is 2.17. The van der Waals surface area contributed by atoms with Crippen LogP contribution in [0.5, 0.6) is 0 Å². The van der Waals surface area contributed by atoms with E-state index < -0.39 is 0 Å². The molecule has 0 radical (unpaired) electrons. The van der Waals surface area contributed by atoms with Gasteiger partial charge in [0.1, 0.15) is 11.6 Å². The lowest BCUT2D eigenvalue weighted by atomic mass is 10.2. The molecule has 0 bridgehead atoms. The summed E-state index contributed by atoms with van der Waals surface area (Å²) in [6, 6.07) is 4.79. The van der Waals surface area contributed by atoms with Crippen molar-refractivity contribution in [2.24, 2.45) is 0 Å². The Balaban J connectivity index is 2.94. The van der Waals surface area contributed by atoms with Crippen LogP contribution in [0, 0.1) is 5.82 Å². The summed E-state index contributed by atoms with van der Waals surface area (Å²) in [6.07, 6.45) is 0. The minimum atomic E-state index is -0.253. The molecule has 0 saturated carbocycles. The van der Waals surface area contributed by atoms with Gasteiger partial charge in [-0.2, -0.15) is 4.37 Å². The third-order valence-electron chi connectivity index (χ3n) is 1.48. The van der Waals surface area contributed by atoms with Crippen LogP contribution in [-0.4, -0.2) is 4.37 Å². The maximum absolute atomic E-state index is 12.9. The van der Waals surface area contributed by atoms with Crippen molar-refractivity contribution in [3.05, 3.63) is 24.0 Å². The molecule has 11 heavy (non-hydrogen) atoms. The number of anilines is 1. The quantitative estimate of drug-likeness (QED) is 0.653. The summed E-state index contributed by atoms with van der Waals surface area (Å²) in [4.78, 5) is 0. The molecule has 56 valence electrons. The maximum Gasteiger partial charge on any atom is 0.145 e. The summed E-state index contributed by atoms with van der Waals surface area (Å²) in [7, 11) is 0. The van der Waals surface area contributed by atoms with Crippen LogP contribution in [0.25, 0.3) is 10.1 Å². The summed E-state index contributed by atoms with van der Waals surface area (Å²) < 4.78 is 17.3. The predicted molar refractivity (Wildman–Crippen MR) is 44.0 cm³/mol. The number of nitrogens with zero attached hydrogens (tertiary/aromatic N) is 1. The first kappa shape index (κ1) is 6.54. The third kappa shape index (κ3) is 0.867. The Kier molecular flexibility index (Phi) is 1.29. The zero-order valence-corrected chi connectivity index (χ0v) is 6.36. The van der Waals surface area contributed by atoms with E-state index in [2.05, 4.69) is 4.37 Å². The maximum atomic E-state index is 12.9. The molecule has 2 N–H and O–H groups in total. The Morgan fingerprint density at radius 3 is 3.00 bits per heavy atom. The molecule has 0 aliphatic carbocycles. The molecule has 2 aromatic rings. The van der Waals surface area contributed by atoms with Gasteiger partial charge in [-0.15, -0.1) is 0 Å². The molecule has 0 amide bonds. The van der Waals surface area contributed by atoms with Crippen molar-refractivity contribution in [2.45, 2.75) is 0 Å². The number of nitrogen functional groups attached to an aromatic ring is 1. The molecule has 0 aliphatic heterocycles. The van der Waals surface area contributed by atoms with Crippen molar-refractivity contribution in [1.29, 1.82) is 0 Å². The van der Waals surface area contributed by atoms with Gasteiger partial charge in [-0.3, -0.25) is 0 Å². The Bertz CT molecular complexity index is 396. The van der Waals surface area contributed by atoms with Crippen molar-refractivity contribution < 1.29 is 4.39 Å².